The molecule has 0 unspecified atom stereocenters. The van der Waals surface area contributed by atoms with Crippen LogP contribution in [0.25, 0.3) is 0 Å². The molecule has 0 aromatic heterocycles. The lowest BCUT2D eigenvalue weighted by molar-refractivity contribution is 0.286. The van der Waals surface area contributed by atoms with E-state index in [1.807, 2.05) is 0 Å². The molecule has 0 spiro atoms. The summed E-state index contributed by atoms with van der Waals surface area (Å²) in [7, 11) is 0. The van der Waals surface area contributed by atoms with Gasteiger partial charge in [0.25, 0.3) is 0 Å². The van der Waals surface area contributed by atoms with Gasteiger partial charge in [-0.1, -0.05) is 72.1 Å². The van der Waals surface area contributed by atoms with Gasteiger partial charge in [-0.25, -0.2) is 0 Å². The van der Waals surface area contributed by atoms with Crippen LogP contribution in [-0.4, -0.2) is 13.1 Å². The molecule has 0 atom stereocenters. The summed E-state index contributed by atoms with van der Waals surface area (Å²) in [6.07, 6.45) is 14.3. The normalized spacial score (nSPS) is 18.2. The van der Waals surface area contributed by atoms with Crippen LogP contribution >= 0.6 is 0 Å². The SMILES string of the molecule is CCCCCC(C)(C)CNCCC1CCCCC1. The van der Waals surface area contributed by atoms with Gasteiger partial charge in [-0.05, 0) is 30.7 Å². The third-order valence-corrected chi connectivity index (χ3v) is 4.51. The number of unbranched alkanes of at least 4 members (excludes halogenated alkanes) is 2. The van der Waals surface area contributed by atoms with Gasteiger partial charge in [-0.15, -0.1) is 0 Å². The van der Waals surface area contributed by atoms with Crippen LogP contribution in [0.4, 0.5) is 0 Å². The van der Waals surface area contributed by atoms with Gasteiger partial charge in [0.1, 0.15) is 0 Å². The molecule has 0 saturated heterocycles. The molecule has 108 valence electrons. The van der Waals surface area contributed by atoms with Crippen LogP contribution in [0.1, 0.15) is 85.0 Å². The summed E-state index contributed by atoms with van der Waals surface area (Å²) in [5, 5.41) is 3.70. The molecule has 0 heterocycles. The van der Waals surface area contributed by atoms with E-state index < -0.39 is 0 Å². The summed E-state index contributed by atoms with van der Waals surface area (Å²) in [5.41, 5.74) is 0.488. The molecule has 1 aliphatic carbocycles. The minimum atomic E-state index is 0.488. The second-order valence-corrected chi connectivity index (χ2v) is 7.09. The zero-order chi connectivity index (χ0) is 13.3. The van der Waals surface area contributed by atoms with Crippen molar-refractivity contribution in [3.63, 3.8) is 0 Å². The molecule has 1 aliphatic rings. The maximum absolute atomic E-state index is 3.70. The van der Waals surface area contributed by atoms with Crippen molar-refractivity contribution in [3.8, 4) is 0 Å². The highest BCUT2D eigenvalue weighted by atomic mass is 14.9. The second-order valence-electron chi connectivity index (χ2n) is 7.09. The predicted molar refractivity (Wildman–Crippen MR) is 82.0 cm³/mol. The smallest absolute Gasteiger partial charge is 0.000252 e. The first-order chi connectivity index (χ1) is 8.64. The monoisotopic (exact) mass is 253 g/mol. The topological polar surface area (TPSA) is 12.0 Å². The Kier molecular flexibility index (Phi) is 7.97. The Labute approximate surface area is 115 Å². The van der Waals surface area contributed by atoms with Crippen LogP contribution in [0.3, 0.4) is 0 Å². The van der Waals surface area contributed by atoms with Gasteiger partial charge in [0.15, 0.2) is 0 Å². The van der Waals surface area contributed by atoms with Crippen molar-refractivity contribution >= 4 is 0 Å². The molecule has 1 saturated carbocycles. The number of hydrogen-bond acceptors (Lipinski definition) is 1. The molecule has 0 aliphatic heterocycles. The summed E-state index contributed by atoms with van der Waals surface area (Å²) in [5.74, 6) is 1.02. The molecule has 1 fully saturated rings. The van der Waals surface area contributed by atoms with E-state index in [0.29, 0.717) is 5.41 Å². The van der Waals surface area contributed by atoms with E-state index in [2.05, 4.69) is 26.1 Å². The molecule has 1 nitrogen and oxygen atoms in total. The van der Waals surface area contributed by atoms with Crippen LogP contribution in [0.15, 0.2) is 0 Å². The van der Waals surface area contributed by atoms with E-state index in [9.17, 15) is 0 Å². The first-order valence-corrected chi connectivity index (χ1v) is 8.35. The summed E-state index contributed by atoms with van der Waals surface area (Å²) in [6, 6.07) is 0. The van der Waals surface area contributed by atoms with E-state index >= 15 is 0 Å². The van der Waals surface area contributed by atoms with Gasteiger partial charge in [0.2, 0.25) is 0 Å². The minimum absolute atomic E-state index is 0.488. The van der Waals surface area contributed by atoms with Crippen LogP contribution in [-0.2, 0) is 0 Å². The number of rotatable bonds is 9. The summed E-state index contributed by atoms with van der Waals surface area (Å²) >= 11 is 0. The average Bonchev–Trinajstić information content (AvgIpc) is 2.36. The van der Waals surface area contributed by atoms with E-state index in [0.717, 1.165) is 5.92 Å². The molecular formula is C17H35N. The van der Waals surface area contributed by atoms with Gasteiger partial charge in [-0.3, -0.25) is 0 Å². The average molecular weight is 253 g/mol. The Hall–Kier alpha value is -0.0400. The van der Waals surface area contributed by atoms with Crippen LogP contribution < -0.4 is 5.32 Å². The first-order valence-electron chi connectivity index (χ1n) is 8.35. The summed E-state index contributed by atoms with van der Waals surface area (Å²) in [6.45, 7) is 9.55. The molecule has 1 heteroatoms. The lowest BCUT2D eigenvalue weighted by atomic mass is 9.85. The second kappa shape index (κ2) is 8.96. The van der Waals surface area contributed by atoms with E-state index in [1.165, 1.54) is 77.3 Å². The fraction of sp³-hybridized carbons (Fsp3) is 1.00. The molecular weight excluding hydrogens is 218 g/mol. The highest BCUT2D eigenvalue weighted by molar-refractivity contribution is 4.73. The van der Waals surface area contributed by atoms with Crippen LogP contribution in [0.2, 0.25) is 0 Å². The maximum atomic E-state index is 3.70. The van der Waals surface area contributed by atoms with E-state index in [4.69, 9.17) is 0 Å². The molecule has 18 heavy (non-hydrogen) atoms. The predicted octanol–water partition coefficient (Wildman–Crippen LogP) is 5.15. The first kappa shape index (κ1) is 16.0. The van der Waals surface area contributed by atoms with Crippen molar-refractivity contribution < 1.29 is 0 Å². The Bertz CT molecular complexity index is 192. The van der Waals surface area contributed by atoms with Gasteiger partial charge in [0, 0.05) is 6.54 Å². The Morgan fingerprint density at radius 2 is 1.78 bits per heavy atom. The molecule has 1 rings (SSSR count). The fourth-order valence-electron chi connectivity index (χ4n) is 3.15. The zero-order valence-electron chi connectivity index (χ0n) is 13.1. The van der Waals surface area contributed by atoms with Gasteiger partial charge in [-0.2, -0.15) is 0 Å². The van der Waals surface area contributed by atoms with Crippen molar-refractivity contribution in [1.29, 1.82) is 0 Å². The standard InChI is InChI=1S/C17H35N/c1-4-5-9-13-17(2,3)15-18-14-12-16-10-7-6-8-11-16/h16,18H,4-15H2,1-3H3. The van der Waals surface area contributed by atoms with Crippen LogP contribution in [0, 0.1) is 11.3 Å². The van der Waals surface area contributed by atoms with Crippen LogP contribution in [0.5, 0.6) is 0 Å². The lowest BCUT2D eigenvalue weighted by Crippen LogP contribution is -2.31. The van der Waals surface area contributed by atoms with E-state index in [1.54, 1.807) is 0 Å². The summed E-state index contributed by atoms with van der Waals surface area (Å²) in [4.78, 5) is 0. The summed E-state index contributed by atoms with van der Waals surface area (Å²) < 4.78 is 0. The third-order valence-electron chi connectivity index (χ3n) is 4.51. The Morgan fingerprint density at radius 3 is 2.44 bits per heavy atom. The molecule has 0 aromatic rings. The molecule has 0 radical (unpaired) electrons. The third kappa shape index (κ3) is 7.41. The van der Waals surface area contributed by atoms with Crippen molar-refractivity contribution in [3.05, 3.63) is 0 Å². The highest BCUT2D eigenvalue weighted by Crippen LogP contribution is 2.26. The van der Waals surface area contributed by atoms with Crippen molar-refractivity contribution in [2.24, 2.45) is 11.3 Å². The lowest BCUT2D eigenvalue weighted by Gasteiger charge is -2.26. The van der Waals surface area contributed by atoms with Crippen molar-refractivity contribution in [2.75, 3.05) is 13.1 Å². The molecule has 0 aromatic carbocycles. The number of hydrogen-bond donors (Lipinski definition) is 1. The quantitative estimate of drug-likeness (QED) is 0.560. The number of nitrogens with one attached hydrogen (secondary N) is 1. The van der Waals surface area contributed by atoms with Gasteiger partial charge in [0.05, 0.1) is 0 Å². The Balaban J connectivity index is 2.01. The maximum Gasteiger partial charge on any atom is 0.000252 e. The molecule has 0 amide bonds. The zero-order valence-corrected chi connectivity index (χ0v) is 13.1. The van der Waals surface area contributed by atoms with Crippen molar-refractivity contribution in [1.82, 2.24) is 5.32 Å². The Morgan fingerprint density at radius 1 is 1.06 bits per heavy atom. The van der Waals surface area contributed by atoms with Gasteiger partial charge >= 0.3 is 0 Å². The largest absolute Gasteiger partial charge is 0.316 e. The fourth-order valence-corrected chi connectivity index (χ4v) is 3.15. The molecule has 1 N–H and O–H groups in total. The highest BCUT2D eigenvalue weighted by Gasteiger charge is 2.17. The van der Waals surface area contributed by atoms with E-state index in [-0.39, 0.29) is 0 Å². The minimum Gasteiger partial charge on any atom is -0.316 e. The van der Waals surface area contributed by atoms with Crippen molar-refractivity contribution in [2.45, 2.75) is 85.0 Å². The van der Waals surface area contributed by atoms with Gasteiger partial charge < -0.3 is 5.32 Å². The molecule has 0 bridgehead atoms.